The van der Waals surface area contributed by atoms with E-state index in [9.17, 15) is 0 Å². The topological polar surface area (TPSA) is 15.3 Å². The van der Waals surface area contributed by atoms with Crippen molar-refractivity contribution in [2.45, 2.75) is 40.2 Å². The zero-order valence-corrected chi connectivity index (χ0v) is 10.5. The molecule has 0 spiro atoms. The van der Waals surface area contributed by atoms with Crippen molar-refractivity contribution in [1.29, 1.82) is 0 Å². The minimum atomic E-state index is 0.627. The van der Waals surface area contributed by atoms with Gasteiger partial charge < -0.3 is 10.2 Å². The molecule has 0 saturated heterocycles. The predicted octanol–water partition coefficient (Wildman–Crippen LogP) is 2.21. The molecule has 0 aromatic carbocycles. The summed E-state index contributed by atoms with van der Waals surface area (Å²) in [5.74, 6) is 0.773. The largest absolute Gasteiger partial charge is 0.317 e. The molecule has 0 bridgehead atoms. The average molecular weight is 188 g/mol. The molecule has 2 nitrogen and oxygen atoms in total. The van der Waals surface area contributed by atoms with Crippen molar-refractivity contribution in [2.75, 3.05) is 27.7 Å². The molecule has 0 rings (SSSR count). The lowest BCUT2D eigenvalue weighted by Crippen LogP contribution is -2.36. The maximum atomic E-state index is 3.29. The van der Waals surface area contributed by atoms with Gasteiger partial charge in [0.25, 0.3) is 0 Å². The number of rotatable bonds is 5. The smallest absolute Gasteiger partial charge is 0.00761 e. The average Bonchev–Trinajstić information content (AvgIpc) is 2.16. The Morgan fingerprint density at radius 2 is 1.69 bits per heavy atom. The second kappa shape index (κ2) is 10.0. The highest BCUT2D eigenvalue weighted by atomic mass is 15.1. The molecule has 0 radical (unpaired) electrons. The highest BCUT2D eigenvalue weighted by Crippen LogP contribution is 2.08. The summed E-state index contributed by atoms with van der Waals surface area (Å²) in [6.07, 6.45) is 1.25. The second-order valence-corrected chi connectivity index (χ2v) is 3.51. The maximum absolute atomic E-state index is 3.29. The van der Waals surface area contributed by atoms with Crippen LogP contribution < -0.4 is 5.32 Å². The standard InChI is InChI=1S/C9H22N2.C2H6/c1-6-9(7-11(4)5)8(2)10-3;1-2/h8-10H,6-7H2,1-5H3;1-2H3. The normalized spacial score (nSPS) is 14.8. The van der Waals surface area contributed by atoms with E-state index in [-0.39, 0.29) is 0 Å². The first-order chi connectivity index (χ1) is 6.11. The van der Waals surface area contributed by atoms with E-state index in [1.165, 1.54) is 13.0 Å². The molecule has 0 aromatic heterocycles. The molecule has 1 N–H and O–H groups in total. The van der Waals surface area contributed by atoms with Crippen LogP contribution >= 0.6 is 0 Å². The van der Waals surface area contributed by atoms with Crippen molar-refractivity contribution in [3.63, 3.8) is 0 Å². The van der Waals surface area contributed by atoms with Gasteiger partial charge in [0.05, 0.1) is 0 Å². The molecule has 13 heavy (non-hydrogen) atoms. The molecule has 0 aliphatic carbocycles. The third kappa shape index (κ3) is 8.26. The molecule has 82 valence electrons. The minimum absolute atomic E-state index is 0.627. The van der Waals surface area contributed by atoms with Crippen molar-refractivity contribution in [1.82, 2.24) is 10.2 Å². The van der Waals surface area contributed by atoms with Gasteiger partial charge in [0.15, 0.2) is 0 Å². The molecule has 2 unspecified atom stereocenters. The number of nitrogens with zero attached hydrogens (tertiary/aromatic N) is 1. The van der Waals surface area contributed by atoms with Crippen molar-refractivity contribution >= 4 is 0 Å². The quantitative estimate of drug-likeness (QED) is 0.711. The molecule has 0 aromatic rings. The van der Waals surface area contributed by atoms with Gasteiger partial charge in [-0.25, -0.2) is 0 Å². The Bertz CT molecular complexity index is 92.1. The van der Waals surface area contributed by atoms with Crippen LogP contribution in [0.2, 0.25) is 0 Å². The summed E-state index contributed by atoms with van der Waals surface area (Å²) < 4.78 is 0. The monoisotopic (exact) mass is 188 g/mol. The van der Waals surface area contributed by atoms with E-state index in [2.05, 4.69) is 38.2 Å². The Hall–Kier alpha value is -0.0800. The summed E-state index contributed by atoms with van der Waals surface area (Å²) in [5, 5.41) is 3.29. The van der Waals surface area contributed by atoms with Gasteiger partial charge >= 0.3 is 0 Å². The summed E-state index contributed by atoms with van der Waals surface area (Å²) in [6, 6.07) is 0.627. The molecule has 0 amide bonds. The van der Waals surface area contributed by atoms with Gasteiger partial charge in [0.1, 0.15) is 0 Å². The molecule has 2 heteroatoms. The number of hydrogen-bond donors (Lipinski definition) is 1. The Morgan fingerprint density at radius 3 is 1.92 bits per heavy atom. The van der Waals surface area contributed by atoms with Gasteiger partial charge in [-0.05, 0) is 34.0 Å². The van der Waals surface area contributed by atoms with Crippen molar-refractivity contribution < 1.29 is 0 Å². The van der Waals surface area contributed by atoms with Crippen LogP contribution in [-0.4, -0.2) is 38.6 Å². The van der Waals surface area contributed by atoms with Gasteiger partial charge in [0, 0.05) is 12.6 Å². The number of nitrogens with one attached hydrogen (secondary N) is 1. The summed E-state index contributed by atoms with van der Waals surface area (Å²) in [5.41, 5.74) is 0. The van der Waals surface area contributed by atoms with E-state index in [1.807, 2.05) is 20.9 Å². The Kier molecular flexibility index (Phi) is 11.8. The van der Waals surface area contributed by atoms with Crippen LogP contribution in [0.3, 0.4) is 0 Å². The third-order valence-corrected chi connectivity index (χ3v) is 2.29. The molecular weight excluding hydrogens is 160 g/mol. The van der Waals surface area contributed by atoms with Crippen LogP contribution in [0.5, 0.6) is 0 Å². The molecule has 0 saturated carbocycles. The fourth-order valence-electron chi connectivity index (χ4n) is 1.35. The van der Waals surface area contributed by atoms with E-state index in [1.54, 1.807) is 0 Å². The van der Waals surface area contributed by atoms with E-state index in [4.69, 9.17) is 0 Å². The number of hydrogen-bond acceptors (Lipinski definition) is 2. The van der Waals surface area contributed by atoms with Crippen LogP contribution in [0.25, 0.3) is 0 Å². The molecule has 0 aliphatic heterocycles. The summed E-state index contributed by atoms with van der Waals surface area (Å²) in [6.45, 7) is 9.68. The van der Waals surface area contributed by atoms with Crippen molar-refractivity contribution in [3.8, 4) is 0 Å². The van der Waals surface area contributed by atoms with Crippen LogP contribution in [0.4, 0.5) is 0 Å². The summed E-state index contributed by atoms with van der Waals surface area (Å²) in [4.78, 5) is 2.25. The molecule has 0 aliphatic rings. The lowest BCUT2D eigenvalue weighted by atomic mass is 9.98. The predicted molar refractivity (Wildman–Crippen MR) is 62.2 cm³/mol. The van der Waals surface area contributed by atoms with Crippen LogP contribution in [0.1, 0.15) is 34.1 Å². The van der Waals surface area contributed by atoms with Gasteiger partial charge in [-0.3, -0.25) is 0 Å². The van der Waals surface area contributed by atoms with Crippen molar-refractivity contribution in [3.05, 3.63) is 0 Å². The Labute approximate surface area is 84.7 Å². The molecule has 0 fully saturated rings. The third-order valence-electron chi connectivity index (χ3n) is 2.29. The lowest BCUT2D eigenvalue weighted by molar-refractivity contribution is 0.273. The van der Waals surface area contributed by atoms with Gasteiger partial charge in [-0.2, -0.15) is 0 Å². The summed E-state index contributed by atoms with van der Waals surface area (Å²) >= 11 is 0. The van der Waals surface area contributed by atoms with E-state index >= 15 is 0 Å². The van der Waals surface area contributed by atoms with Gasteiger partial charge in [0.2, 0.25) is 0 Å². The lowest BCUT2D eigenvalue weighted by Gasteiger charge is -2.25. The highest BCUT2D eigenvalue weighted by molar-refractivity contribution is 4.71. The highest BCUT2D eigenvalue weighted by Gasteiger charge is 2.13. The first-order valence-electron chi connectivity index (χ1n) is 5.43. The summed E-state index contributed by atoms with van der Waals surface area (Å²) in [7, 11) is 6.29. The SMILES string of the molecule is CC.CCC(CN(C)C)C(C)NC. The van der Waals surface area contributed by atoms with Gasteiger partial charge in [-0.1, -0.05) is 27.2 Å². The zero-order valence-electron chi connectivity index (χ0n) is 10.5. The van der Waals surface area contributed by atoms with Gasteiger partial charge in [-0.15, -0.1) is 0 Å². The van der Waals surface area contributed by atoms with Crippen LogP contribution in [0.15, 0.2) is 0 Å². The maximum Gasteiger partial charge on any atom is 0.00761 e. The molecular formula is C11H28N2. The van der Waals surface area contributed by atoms with E-state index < -0.39 is 0 Å². The molecule has 0 heterocycles. The fourth-order valence-corrected chi connectivity index (χ4v) is 1.35. The molecule has 2 atom stereocenters. The van der Waals surface area contributed by atoms with E-state index in [0.29, 0.717) is 6.04 Å². The Balaban J connectivity index is 0. The fraction of sp³-hybridized carbons (Fsp3) is 1.00. The van der Waals surface area contributed by atoms with Crippen LogP contribution in [0, 0.1) is 5.92 Å². The minimum Gasteiger partial charge on any atom is -0.317 e. The first-order valence-corrected chi connectivity index (χ1v) is 5.43. The first kappa shape index (κ1) is 15.4. The van der Waals surface area contributed by atoms with Crippen LogP contribution in [-0.2, 0) is 0 Å². The van der Waals surface area contributed by atoms with Crippen molar-refractivity contribution in [2.24, 2.45) is 5.92 Å². The van der Waals surface area contributed by atoms with E-state index in [0.717, 1.165) is 5.92 Å². The Morgan fingerprint density at radius 1 is 1.23 bits per heavy atom. The second-order valence-electron chi connectivity index (χ2n) is 3.51. The zero-order chi connectivity index (χ0) is 10.9.